The number of carbonyl (C=O) groups is 2. The van der Waals surface area contributed by atoms with Crippen molar-refractivity contribution in [2.24, 2.45) is 0 Å². The van der Waals surface area contributed by atoms with Crippen LogP contribution in [-0.2, 0) is 16.0 Å². The highest BCUT2D eigenvalue weighted by Gasteiger charge is 2.31. The van der Waals surface area contributed by atoms with Gasteiger partial charge in [-0.25, -0.2) is 4.79 Å². The number of ether oxygens (including phenoxy) is 1. The molecule has 2 aromatic carbocycles. The molecule has 1 aromatic heterocycles. The number of nitrogens with zero attached hydrogens (tertiary/aromatic N) is 4. The average Bonchev–Trinajstić information content (AvgIpc) is 3.35. The van der Waals surface area contributed by atoms with E-state index >= 15 is 0 Å². The maximum Gasteiger partial charge on any atom is 0.359 e. The minimum Gasteiger partial charge on any atom is -0.455 e. The molecule has 0 atom stereocenters. The first kappa shape index (κ1) is 23.4. The van der Waals surface area contributed by atoms with Gasteiger partial charge in [-0.05, 0) is 51.0 Å². The monoisotopic (exact) mass is 461 g/mol. The van der Waals surface area contributed by atoms with E-state index in [4.69, 9.17) is 4.74 Å². The molecule has 1 amide bonds. The van der Waals surface area contributed by atoms with Gasteiger partial charge in [0, 0.05) is 32.0 Å². The van der Waals surface area contributed by atoms with E-state index in [0.717, 1.165) is 24.3 Å². The molecule has 0 bridgehead atoms. The van der Waals surface area contributed by atoms with Crippen molar-refractivity contribution in [3.05, 3.63) is 65.9 Å². The van der Waals surface area contributed by atoms with Crippen LogP contribution in [0.3, 0.4) is 0 Å². The molecule has 0 saturated heterocycles. The standard InChI is InChI=1S/C26H31N5O3/c1-26(2,3)34-24(33)22-23(28-25(29(4)5)31(22)19-12-7-6-8-13-19)27-21(32)17-30-16-15-18-11-9-10-14-20(18)30/h6-14H,15-17H2,1-5H3,(H,27,32). The summed E-state index contributed by atoms with van der Waals surface area (Å²) in [5, 5.41) is 2.88. The maximum absolute atomic E-state index is 13.3. The number of anilines is 3. The Labute approximate surface area is 200 Å². The molecule has 1 aliphatic heterocycles. The summed E-state index contributed by atoms with van der Waals surface area (Å²) in [5.41, 5.74) is 2.51. The predicted molar refractivity (Wildman–Crippen MR) is 134 cm³/mol. The SMILES string of the molecule is CN(C)c1nc(NC(=O)CN2CCc3ccccc32)c(C(=O)OC(C)(C)C)n1-c1ccccc1. The fourth-order valence-electron chi connectivity index (χ4n) is 4.05. The minimum absolute atomic E-state index is 0.167. The normalized spacial score (nSPS) is 12.9. The highest BCUT2D eigenvalue weighted by molar-refractivity contribution is 6.02. The second-order valence-corrected chi connectivity index (χ2v) is 9.52. The Hall–Kier alpha value is -3.81. The number of aromatic nitrogens is 2. The molecule has 0 radical (unpaired) electrons. The van der Waals surface area contributed by atoms with Crippen LogP contribution in [0.5, 0.6) is 0 Å². The summed E-state index contributed by atoms with van der Waals surface area (Å²) < 4.78 is 7.42. The molecule has 3 aromatic rings. The van der Waals surface area contributed by atoms with Gasteiger partial charge in [0.1, 0.15) is 5.60 Å². The van der Waals surface area contributed by atoms with Crippen molar-refractivity contribution in [3.8, 4) is 5.69 Å². The van der Waals surface area contributed by atoms with Crippen molar-refractivity contribution >= 4 is 29.3 Å². The van der Waals surface area contributed by atoms with Gasteiger partial charge in [-0.1, -0.05) is 36.4 Å². The number of fused-ring (bicyclic) bond motifs is 1. The Morgan fingerprint density at radius 3 is 2.41 bits per heavy atom. The summed E-state index contributed by atoms with van der Waals surface area (Å²) >= 11 is 0. The number of rotatable bonds is 6. The van der Waals surface area contributed by atoms with E-state index in [0.29, 0.717) is 5.95 Å². The van der Waals surface area contributed by atoms with Crippen molar-refractivity contribution in [2.45, 2.75) is 32.8 Å². The van der Waals surface area contributed by atoms with Gasteiger partial charge in [0.15, 0.2) is 11.5 Å². The minimum atomic E-state index is -0.707. The van der Waals surface area contributed by atoms with Gasteiger partial charge in [-0.15, -0.1) is 0 Å². The summed E-state index contributed by atoms with van der Waals surface area (Å²) in [5.74, 6) is -0.114. The number of hydrogen-bond acceptors (Lipinski definition) is 6. The van der Waals surface area contributed by atoms with E-state index in [1.54, 1.807) is 9.47 Å². The van der Waals surface area contributed by atoms with Crippen LogP contribution in [0.25, 0.3) is 5.69 Å². The molecule has 178 valence electrons. The molecule has 0 aliphatic carbocycles. The number of hydrogen-bond donors (Lipinski definition) is 1. The Morgan fingerprint density at radius 2 is 1.74 bits per heavy atom. The van der Waals surface area contributed by atoms with E-state index in [-0.39, 0.29) is 24.0 Å². The first-order chi connectivity index (χ1) is 16.1. The summed E-state index contributed by atoms with van der Waals surface area (Å²) in [6.07, 6.45) is 0.903. The zero-order valence-corrected chi connectivity index (χ0v) is 20.3. The van der Waals surface area contributed by atoms with Crippen LogP contribution in [0.4, 0.5) is 17.5 Å². The molecule has 1 N–H and O–H groups in total. The van der Waals surface area contributed by atoms with Crippen molar-refractivity contribution in [3.63, 3.8) is 0 Å². The molecule has 8 heteroatoms. The van der Waals surface area contributed by atoms with Gasteiger partial charge in [-0.2, -0.15) is 4.98 Å². The first-order valence-electron chi connectivity index (χ1n) is 11.4. The van der Waals surface area contributed by atoms with E-state index < -0.39 is 11.6 Å². The Morgan fingerprint density at radius 1 is 1.06 bits per heavy atom. The van der Waals surface area contributed by atoms with Gasteiger partial charge in [-0.3, -0.25) is 9.36 Å². The zero-order valence-electron chi connectivity index (χ0n) is 20.3. The molecule has 0 spiro atoms. The third-order valence-electron chi connectivity index (χ3n) is 5.44. The largest absolute Gasteiger partial charge is 0.455 e. The molecular weight excluding hydrogens is 430 g/mol. The first-order valence-corrected chi connectivity index (χ1v) is 11.4. The summed E-state index contributed by atoms with van der Waals surface area (Å²) in [6.45, 7) is 6.37. The average molecular weight is 462 g/mol. The smallest absolute Gasteiger partial charge is 0.359 e. The van der Waals surface area contributed by atoms with E-state index in [1.807, 2.05) is 88.3 Å². The number of carbonyl (C=O) groups excluding carboxylic acids is 2. The molecule has 0 fully saturated rings. The second-order valence-electron chi connectivity index (χ2n) is 9.52. The Balaban J connectivity index is 1.70. The summed E-state index contributed by atoms with van der Waals surface area (Å²) in [4.78, 5) is 34.9. The zero-order chi connectivity index (χ0) is 24.5. The number of esters is 1. The molecule has 2 heterocycles. The number of amides is 1. The third kappa shape index (κ3) is 4.90. The molecule has 1 aliphatic rings. The number of nitrogens with one attached hydrogen (secondary N) is 1. The van der Waals surface area contributed by atoms with Crippen LogP contribution in [-0.4, -0.2) is 54.2 Å². The summed E-state index contributed by atoms with van der Waals surface area (Å²) in [7, 11) is 3.68. The fourth-order valence-corrected chi connectivity index (χ4v) is 4.05. The van der Waals surface area contributed by atoms with Crippen LogP contribution in [0.2, 0.25) is 0 Å². The van der Waals surface area contributed by atoms with Gasteiger partial charge < -0.3 is 19.9 Å². The van der Waals surface area contributed by atoms with E-state index in [9.17, 15) is 9.59 Å². The number of imidazole rings is 1. The van der Waals surface area contributed by atoms with E-state index in [1.165, 1.54) is 5.56 Å². The molecule has 8 nitrogen and oxygen atoms in total. The van der Waals surface area contributed by atoms with Crippen molar-refractivity contribution in [2.75, 3.05) is 42.3 Å². The molecule has 34 heavy (non-hydrogen) atoms. The molecule has 0 unspecified atom stereocenters. The van der Waals surface area contributed by atoms with Gasteiger partial charge in [0.2, 0.25) is 11.9 Å². The number of benzene rings is 2. The Bertz CT molecular complexity index is 1190. The lowest BCUT2D eigenvalue weighted by Crippen LogP contribution is -2.32. The summed E-state index contributed by atoms with van der Waals surface area (Å²) in [6, 6.07) is 17.5. The van der Waals surface area contributed by atoms with Crippen LogP contribution < -0.4 is 15.1 Å². The molecule has 4 rings (SSSR count). The van der Waals surface area contributed by atoms with Crippen LogP contribution in [0, 0.1) is 0 Å². The third-order valence-corrected chi connectivity index (χ3v) is 5.44. The quantitative estimate of drug-likeness (QED) is 0.561. The maximum atomic E-state index is 13.3. The molecule has 0 saturated carbocycles. The lowest BCUT2D eigenvalue weighted by molar-refractivity contribution is -0.115. The van der Waals surface area contributed by atoms with E-state index in [2.05, 4.69) is 16.4 Å². The van der Waals surface area contributed by atoms with Gasteiger partial charge >= 0.3 is 5.97 Å². The van der Waals surface area contributed by atoms with Crippen LogP contribution in [0.1, 0.15) is 36.8 Å². The highest BCUT2D eigenvalue weighted by atomic mass is 16.6. The predicted octanol–water partition coefficient (Wildman–Crippen LogP) is 3.89. The highest BCUT2D eigenvalue weighted by Crippen LogP contribution is 2.30. The van der Waals surface area contributed by atoms with Crippen molar-refractivity contribution in [1.82, 2.24) is 9.55 Å². The topological polar surface area (TPSA) is 79.7 Å². The lowest BCUT2D eigenvalue weighted by atomic mass is 10.2. The number of para-hydroxylation sites is 2. The molecular formula is C26H31N5O3. The van der Waals surface area contributed by atoms with Crippen LogP contribution >= 0.6 is 0 Å². The van der Waals surface area contributed by atoms with Gasteiger partial charge in [0.05, 0.1) is 6.54 Å². The van der Waals surface area contributed by atoms with Crippen molar-refractivity contribution in [1.29, 1.82) is 0 Å². The van der Waals surface area contributed by atoms with Gasteiger partial charge in [0.25, 0.3) is 0 Å². The lowest BCUT2D eigenvalue weighted by Gasteiger charge is -2.22. The second kappa shape index (κ2) is 9.21. The van der Waals surface area contributed by atoms with Crippen molar-refractivity contribution < 1.29 is 14.3 Å². The van der Waals surface area contributed by atoms with Crippen LogP contribution in [0.15, 0.2) is 54.6 Å². The fraction of sp³-hybridized carbons (Fsp3) is 0.346. The Kier molecular flexibility index (Phi) is 6.32.